The van der Waals surface area contributed by atoms with Gasteiger partial charge in [-0.3, -0.25) is 4.79 Å². The van der Waals surface area contributed by atoms with Gasteiger partial charge in [0.1, 0.15) is 6.33 Å². The van der Waals surface area contributed by atoms with Crippen LogP contribution >= 0.6 is 0 Å². The number of aromatic nitrogens is 3. The first-order valence-electron chi connectivity index (χ1n) is 7.10. The first-order chi connectivity index (χ1) is 9.99. The van der Waals surface area contributed by atoms with E-state index in [9.17, 15) is 14.7 Å². The molecule has 118 valence electrons. The fourth-order valence-electron chi connectivity index (χ4n) is 2.03. The Hall–Kier alpha value is -2.12. The van der Waals surface area contributed by atoms with Crippen LogP contribution in [0.5, 0.6) is 0 Å². The minimum atomic E-state index is -0.916. The summed E-state index contributed by atoms with van der Waals surface area (Å²) < 4.78 is 1.82. The van der Waals surface area contributed by atoms with Gasteiger partial charge >= 0.3 is 12.0 Å². The number of urea groups is 1. The Morgan fingerprint density at radius 2 is 1.95 bits per heavy atom. The lowest BCUT2D eigenvalue weighted by Crippen LogP contribution is -2.45. The number of aliphatic carboxylic acids is 1. The molecule has 0 saturated carbocycles. The highest BCUT2D eigenvalue weighted by Gasteiger charge is 2.35. The van der Waals surface area contributed by atoms with Crippen LogP contribution in [0.15, 0.2) is 6.33 Å². The van der Waals surface area contributed by atoms with Gasteiger partial charge in [0.2, 0.25) is 0 Å². The molecule has 0 atom stereocenters. The van der Waals surface area contributed by atoms with E-state index in [4.69, 9.17) is 0 Å². The molecule has 8 heteroatoms. The molecule has 21 heavy (non-hydrogen) atoms. The zero-order chi connectivity index (χ0) is 15.9. The Morgan fingerprint density at radius 1 is 1.29 bits per heavy atom. The summed E-state index contributed by atoms with van der Waals surface area (Å²) in [6.45, 7) is 6.64. The van der Waals surface area contributed by atoms with Crippen LogP contribution in [0.3, 0.4) is 0 Å². The van der Waals surface area contributed by atoms with Crippen LogP contribution in [0.4, 0.5) is 4.79 Å². The lowest BCUT2D eigenvalue weighted by atomic mass is 9.82. The van der Waals surface area contributed by atoms with Gasteiger partial charge in [-0.05, 0) is 19.8 Å². The van der Waals surface area contributed by atoms with Crippen LogP contribution < -0.4 is 10.6 Å². The number of hydrogen-bond acceptors (Lipinski definition) is 4. The zero-order valence-corrected chi connectivity index (χ0v) is 12.7. The van der Waals surface area contributed by atoms with Gasteiger partial charge in [0.05, 0.1) is 12.0 Å². The molecule has 2 amide bonds. The maximum Gasteiger partial charge on any atom is 0.315 e. The van der Waals surface area contributed by atoms with Gasteiger partial charge in [-0.1, -0.05) is 13.8 Å². The molecule has 0 spiro atoms. The van der Waals surface area contributed by atoms with Gasteiger partial charge in [0, 0.05) is 13.1 Å². The van der Waals surface area contributed by atoms with E-state index in [1.165, 1.54) is 0 Å². The second kappa shape index (κ2) is 7.61. The van der Waals surface area contributed by atoms with Gasteiger partial charge in [0.25, 0.3) is 0 Å². The lowest BCUT2D eigenvalue weighted by Gasteiger charge is -2.26. The second-order valence-electron chi connectivity index (χ2n) is 4.86. The maximum atomic E-state index is 11.8. The van der Waals surface area contributed by atoms with Crippen molar-refractivity contribution >= 4 is 12.0 Å². The van der Waals surface area contributed by atoms with Gasteiger partial charge in [-0.15, -0.1) is 10.2 Å². The third-order valence-electron chi connectivity index (χ3n) is 3.84. The summed E-state index contributed by atoms with van der Waals surface area (Å²) in [5.74, 6) is -0.235. The van der Waals surface area contributed by atoms with Crippen LogP contribution in [0.2, 0.25) is 0 Å². The summed E-state index contributed by atoms with van der Waals surface area (Å²) in [4.78, 5) is 23.1. The van der Waals surface area contributed by atoms with Crippen LogP contribution in [0.25, 0.3) is 0 Å². The molecule has 0 bridgehead atoms. The van der Waals surface area contributed by atoms with E-state index in [1.54, 1.807) is 20.2 Å². The average molecular weight is 297 g/mol. The lowest BCUT2D eigenvalue weighted by molar-refractivity contribution is -0.149. The number of carbonyl (C=O) groups excluding carboxylic acids is 1. The van der Waals surface area contributed by atoms with E-state index in [0.29, 0.717) is 18.7 Å². The second-order valence-corrected chi connectivity index (χ2v) is 4.86. The number of aryl methyl sites for hydroxylation is 1. The Labute approximate surface area is 123 Å². The first-order valence-corrected chi connectivity index (χ1v) is 7.10. The number of nitrogens with zero attached hydrogens (tertiary/aromatic N) is 3. The first kappa shape index (κ1) is 16.9. The number of carboxylic acid groups (broad SMARTS) is 1. The highest BCUT2D eigenvalue weighted by atomic mass is 16.4. The molecule has 0 unspecified atom stereocenters. The van der Waals surface area contributed by atoms with E-state index in [2.05, 4.69) is 20.8 Å². The molecule has 1 rings (SSSR count). The number of nitrogens with one attached hydrogen (secondary N) is 2. The van der Waals surface area contributed by atoms with Crippen molar-refractivity contribution in [3.05, 3.63) is 12.2 Å². The fourth-order valence-corrected chi connectivity index (χ4v) is 2.03. The van der Waals surface area contributed by atoms with Crippen molar-refractivity contribution in [3.8, 4) is 0 Å². The smallest absolute Gasteiger partial charge is 0.315 e. The molecule has 1 aromatic rings. The standard InChI is InChI=1S/C13H23N5O3/c1-4-13(5-2,11(19)20)8-15-12(21)14-7-10-17-16-9-18(10)6-3/h9H,4-8H2,1-3H3,(H,19,20)(H2,14,15,21). The molecular weight excluding hydrogens is 274 g/mol. The third kappa shape index (κ3) is 4.17. The Bertz CT molecular complexity index is 482. The molecule has 0 aliphatic heterocycles. The normalized spacial score (nSPS) is 11.2. The van der Waals surface area contributed by atoms with Crippen molar-refractivity contribution in [3.63, 3.8) is 0 Å². The fraction of sp³-hybridized carbons (Fsp3) is 0.692. The molecule has 0 aliphatic carbocycles. The predicted molar refractivity (Wildman–Crippen MR) is 76.6 cm³/mol. The summed E-state index contributed by atoms with van der Waals surface area (Å²) in [7, 11) is 0. The van der Waals surface area contributed by atoms with E-state index in [0.717, 1.165) is 6.54 Å². The van der Waals surface area contributed by atoms with Crippen LogP contribution in [0, 0.1) is 5.41 Å². The average Bonchev–Trinajstić information content (AvgIpc) is 2.93. The minimum absolute atomic E-state index is 0.0988. The molecule has 0 radical (unpaired) electrons. The van der Waals surface area contributed by atoms with Crippen molar-refractivity contribution in [2.75, 3.05) is 6.54 Å². The maximum absolute atomic E-state index is 11.8. The Kier molecular flexibility index (Phi) is 6.13. The molecule has 0 aromatic carbocycles. The molecule has 0 saturated heterocycles. The number of rotatable bonds is 8. The van der Waals surface area contributed by atoms with Crippen molar-refractivity contribution in [2.24, 2.45) is 5.41 Å². The number of hydrogen-bond donors (Lipinski definition) is 3. The summed E-state index contributed by atoms with van der Waals surface area (Å²) in [6, 6.07) is -0.409. The van der Waals surface area contributed by atoms with Crippen molar-refractivity contribution in [2.45, 2.75) is 46.7 Å². The van der Waals surface area contributed by atoms with Crippen LogP contribution in [-0.2, 0) is 17.9 Å². The molecule has 8 nitrogen and oxygen atoms in total. The largest absolute Gasteiger partial charge is 0.481 e. The van der Waals surface area contributed by atoms with Gasteiger partial charge in [-0.25, -0.2) is 4.79 Å². The number of carboxylic acids is 1. The molecule has 1 aromatic heterocycles. The number of carbonyl (C=O) groups is 2. The molecular formula is C13H23N5O3. The van der Waals surface area contributed by atoms with Crippen molar-refractivity contribution < 1.29 is 14.7 Å². The quantitative estimate of drug-likeness (QED) is 0.663. The van der Waals surface area contributed by atoms with Crippen LogP contribution in [-0.4, -0.2) is 38.4 Å². The highest BCUT2D eigenvalue weighted by molar-refractivity contribution is 5.78. The monoisotopic (exact) mass is 297 g/mol. The summed E-state index contributed by atoms with van der Waals surface area (Å²) >= 11 is 0. The van der Waals surface area contributed by atoms with Crippen molar-refractivity contribution in [1.29, 1.82) is 0 Å². The molecule has 1 heterocycles. The summed E-state index contributed by atoms with van der Waals surface area (Å²) in [6.07, 6.45) is 2.52. The Morgan fingerprint density at radius 3 is 2.48 bits per heavy atom. The SMILES string of the molecule is CCn1cnnc1CNC(=O)NCC(CC)(CC)C(=O)O. The molecule has 0 fully saturated rings. The Balaban J connectivity index is 2.49. The summed E-state index contributed by atoms with van der Waals surface area (Å²) in [5, 5.41) is 22.2. The van der Waals surface area contributed by atoms with E-state index in [-0.39, 0.29) is 13.1 Å². The van der Waals surface area contributed by atoms with Gasteiger partial charge in [-0.2, -0.15) is 0 Å². The topological polar surface area (TPSA) is 109 Å². The van der Waals surface area contributed by atoms with E-state index < -0.39 is 17.4 Å². The highest BCUT2D eigenvalue weighted by Crippen LogP contribution is 2.25. The van der Waals surface area contributed by atoms with E-state index >= 15 is 0 Å². The van der Waals surface area contributed by atoms with Gasteiger partial charge in [0.15, 0.2) is 5.82 Å². The third-order valence-corrected chi connectivity index (χ3v) is 3.84. The van der Waals surface area contributed by atoms with E-state index in [1.807, 2.05) is 11.5 Å². The van der Waals surface area contributed by atoms with Gasteiger partial charge < -0.3 is 20.3 Å². The minimum Gasteiger partial charge on any atom is -0.481 e. The molecule has 3 N–H and O–H groups in total. The van der Waals surface area contributed by atoms with Crippen molar-refractivity contribution in [1.82, 2.24) is 25.4 Å². The predicted octanol–water partition coefficient (Wildman–Crippen LogP) is 0.988. The number of amides is 2. The molecule has 0 aliphatic rings. The van der Waals surface area contributed by atoms with Crippen LogP contribution in [0.1, 0.15) is 39.4 Å². The summed E-state index contributed by atoms with van der Waals surface area (Å²) in [5.41, 5.74) is -0.916. The zero-order valence-electron chi connectivity index (χ0n) is 12.7.